The van der Waals surface area contributed by atoms with Crippen LogP contribution >= 0.6 is 11.3 Å². The lowest BCUT2D eigenvalue weighted by Crippen LogP contribution is -1.83. The lowest BCUT2D eigenvalue weighted by atomic mass is 10.1. The zero-order chi connectivity index (χ0) is 9.42. The number of rotatable bonds is 1. The Hall–Kier alpha value is -1.22. The Balaban J connectivity index is 2.79. The van der Waals surface area contributed by atoms with Gasteiger partial charge in [-0.25, -0.2) is 0 Å². The van der Waals surface area contributed by atoms with Crippen LogP contribution in [-0.4, -0.2) is 6.29 Å². The van der Waals surface area contributed by atoms with E-state index in [-0.39, 0.29) is 5.13 Å². The summed E-state index contributed by atoms with van der Waals surface area (Å²) in [7, 11) is 0. The second-order valence-corrected chi connectivity index (χ2v) is 3.95. The van der Waals surface area contributed by atoms with Gasteiger partial charge < -0.3 is 0 Å². The van der Waals surface area contributed by atoms with E-state index in [1.54, 1.807) is 6.07 Å². The number of carbonyl (C=O) groups excluding carboxylic acids is 1. The van der Waals surface area contributed by atoms with Crippen LogP contribution in [0, 0.1) is 12.1 Å². The third kappa shape index (κ3) is 1.35. The van der Waals surface area contributed by atoms with Gasteiger partial charge in [-0.2, -0.15) is 4.39 Å². The first-order valence-corrected chi connectivity index (χ1v) is 4.67. The topological polar surface area (TPSA) is 17.1 Å². The number of hydrogen-bond donors (Lipinski definition) is 0. The van der Waals surface area contributed by atoms with Crippen molar-refractivity contribution in [1.82, 2.24) is 0 Å². The number of aldehydes is 1. The summed E-state index contributed by atoms with van der Waals surface area (Å²) >= 11 is 1.10. The van der Waals surface area contributed by atoms with Crippen LogP contribution in [0.3, 0.4) is 0 Å². The van der Waals surface area contributed by atoms with E-state index in [2.05, 4.69) is 0 Å². The summed E-state index contributed by atoms with van der Waals surface area (Å²) in [6.45, 7) is 1.85. The fraction of sp³-hybridized carbons (Fsp3) is 0.100. The van der Waals surface area contributed by atoms with Gasteiger partial charge in [-0.15, -0.1) is 11.3 Å². The quantitative estimate of drug-likeness (QED) is 0.637. The fourth-order valence-electron chi connectivity index (χ4n) is 1.30. The summed E-state index contributed by atoms with van der Waals surface area (Å²) in [4.78, 5) is 10.6. The van der Waals surface area contributed by atoms with Crippen LogP contribution in [0.25, 0.3) is 10.1 Å². The van der Waals surface area contributed by atoms with E-state index in [1.807, 2.05) is 13.0 Å². The summed E-state index contributed by atoms with van der Waals surface area (Å²) in [5, 5.41) is 0.590. The van der Waals surface area contributed by atoms with Gasteiger partial charge in [0.05, 0.1) is 0 Å². The average molecular weight is 194 g/mol. The van der Waals surface area contributed by atoms with Crippen molar-refractivity contribution >= 4 is 27.7 Å². The average Bonchev–Trinajstić information content (AvgIpc) is 2.42. The normalized spacial score (nSPS) is 10.6. The second kappa shape index (κ2) is 2.92. The molecule has 2 rings (SSSR count). The maximum absolute atomic E-state index is 12.8. The van der Waals surface area contributed by atoms with Crippen LogP contribution in [0.2, 0.25) is 0 Å². The van der Waals surface area contributed by atoms with Crippen LogP contribution in [0.4, 0.5) is 4.39 Å². The largest absolute Gasteiger partial charge is 0.298 e. The molecule has 3 heteroatoms. The van der Waals surface area contributed by atoms with E-state index >= 15 is 0 Å². The molecule has 0 unspecified atom stereocenters. The lowest BCUT2D eigenvalue weighted by molar-refractivity contribution is 0.112. The van der Waals surface area contributed by atoms with Gasteiger partial charge in [-0.05, 0) is 36.1 Å². The Bertz CT molecular complexity index is 473. The standard InChI is InChI=1S/C10H7FOS/c1-6-2-9-7(3-8(6)5-12)4-10(11)13-9/h2-5H,1H3. The molecule has 0 N–H and O–H groups in total. The minimum atomic E-state index is -0.211. The van der Waals surface area contributed by atoms with E-state index in [1.165, 1.54) is 6.07 Å². The molecular weight excluding hydrogens is 187 g/mol. The number of halogens is 1. The molecule has 66 valence electrons. The zero-order valence-corrected chi connectivity index (χ0v) is 7.82. The third-order valence-electron chi connectivity index (χ3n) is 2.00. The van der Waals surface area contributed by atoms with Crippen LogP contribution < -0.4 is 0 Å². The first-order valence-electron chi connectivity index (χ1n) is 3.85. The monoisotopic (exact) mass is 194 g/mol. The molecule has 0 aliphatic heterocycles. The molecule has 0 spiro atoms. The number of benzene rings is 1. The number of aryl methyl sites for hydroxylation is 1. The van der Waals surface area contributed by atoms with Crippen molar-refractivity contribution in [3.63, 3.8) is 0 Å². The molecule has 2 aromatic rings. The molecule has 0 bridgehead atoms. The van der Waals surface area contributed by atoms with Gasteiger partial charge in [-0.1, -0.05) is 0 Å². The molecule has 13 heavy (non-hydrogen) atoms. The molecule has 1 aromatic heterocycles. The highest BCUT2D eigenvalue weighted by molar-refractivity contribution is 7.17. The number of thiophene rings is 1. The highest BCUT2D eigenvalue weighted by Gasteiger charge is 2.04. The molecule has 1 heterocycles. The summed E-state index contributed by atoms with van der Waals surface area (Å²) in [6.07, 6.45) is 0.796. The minimum Gasteiger partial charge on any atom is -0.298 e. The maximum atomic E-state index is 12.8. The Morgan fingerprint density at radius 1 is 1.38 bits per heavy atom. The molecule has 0 saturated carbocycles. The summed E-state index contributed by atoms with van der Waals surface area (Å²) < 4.78 is 13.7. The van der Waals surface area contributed by atoms with E-state index < -0.39 is 0 Å². The molecule has 0 atom stereocenters. The predicted octanol–water partition coefficient (Wildman–Crippen LogP) is 3.16. The van der Waals surface area contributed by atoms with Gasteiger partial charge in [0.25, 0.3) is 0 Å². The van der Waals surface area contributed by atoms with Gasteiger partial charge in [0, 0.05) is 10.3 Å². The highest BCUT2D eigenvalue weighted by atomic mass is 32.1. The Morgan fingerprint density at radius 3 is 2.85 bits per heavy atom. The SMILES string of the molecule is Cc1cc2sc(F)cc2cc1C=O. The molecule has 0 saturated heterocycles. The summed E-state index contributed by atoms with van der Waals surface area (Å²) in [6, 6.07) is 5.01. The maximum Gasteiger partial charge on any atom is 0.177 e. The smallest absolute Gasteiger partial charge is 0.177 e. The van der Waals surface area contributed by atoms with Gasteiger partial charge in [0.15, 0.2) is 5.13 Å². The number of carbonyl (C=O) groups is 1. The van der Waals surface area contributed by atoms with Crippen molar-refractivity contribution in [3.05, 3.63) is 34.5 Å². The van der Waals surface area contributed by atoms with Crippen molar-refractivity contribution in [1.29, 1.82) is 0 Å². The van der Waals surface area contributed by atoms with Crippen molar-refractivity contribution in [2.24, 2.45) is 0 Å². The van der Waals surface area contributed by atoms with Crippen molar-refractivity contribution in [2.45, 2.75) is 6.92 Å². The van der Waals surface area contributed by atoms with E-state index in [0.29, 0.717) is 5.56 Å². The highest BCUT2D eigenvalue weighted by Crippen LogP contribution is 2.26. The number of hydrogen-bond acceptors (Lipinski definition) is 2. The van der Waals surface area contributed by atoms with Crippen molar-refractivity contribution in [2.75, 3.05) is 0 Å². The number of fused-ring (bicyclic) bond motifs is 1. The molecule has 1 nitrogen and oxygen atoms in total. The third-order valence-corrected chi connectivity index (χ3v) is 2.89. The van der Waals surface area contributed by atoms with Crippen LogP contribution in [0.15, 0.2) is 18.2 Å². The molecule has 0 radical (unpaired) electrons. The van der Waals surface area contributed by atoms with Crippen LogP contribution in [-0.2, 0) is 0 Å². The van der Waals surface area contributed by atoms with Gasteiger partial charge in [0.1, 0.15) is 6.29 Å². The van der Waals surface area contributed by atoms with Crippen molar-refractivity contribution in [3.8, 4) is 0 Å². The van der Waals surface area contributed by atoms with Crippen molar-refractivity contribution < 1.29 is 9.18 Å². The Morgan fingerprint density at radius 2 is 2.15 bits per heavy atom. The Kier molecular flexibility index (Phi) is 1.88. The van der Waals surface area contributed by atoms with E-state index in [4.69, 9.17) is 0 Å². The van der Waals surface area contributed by atoms with E-state index in [9.17, 15) is 9.18 Å². The predicted molar refractivity (Wildman–Crippen MR) is 51.9 cm³/mol. The lowest BCUT2D eigenvalue weighted by Gasteiger charge is -1.96. The molecule has 0 fully saturated rings. The molecule has 0 aliphatic rings. The first kappa shape index (κ1) is 8.38. The molecule has 0 aliphatic carbocycles. The second-order valence-electron chi connectivity index (χ2n) is 2.91. The zero-order valence-electron chi connectivity index (χ0n) is 7.00. The van der Waals surface area contributed by atoms with E-state index in [0.717, 1.165) is 33.3 Å². The van der Waals surface area contributed by atoms with Crippen LogP contribution in [0.1, 0.15) is 15.9 Å². The Labute approximate surface area is 78.8 Å². The van der Waals surface area contributed by atoms with Gasteiger partial charge in [0.2, 0.25) is 0 Å². The molecule has 0 amide bonds. The minimum absolute atomic E-state index is 0.211. The van der Waals surface area contributed by atoms with Gasteiger partial charge >= 0.3 is 0 Å². The molecule has 1 aromatic carbocycles. The summed E-state index contributed by atoms with van der Waals surface area (Å²) in [5.41, 5.74) is 1.52. The molecular formula is C10H7FOS. The van der Waals surface area contributed by atoms with Gasteiger partial charge in [-0.3, -0.25) is 4.79 Å². The first-order chi connectivity index (χ1) is 6.20. The fourth-order valence-corrected chi connectivity index (χ4v) is 2.17. The van der Waals surface area contributed by atoms with Crippen LogP contribution in [0.5, 0.6) is 0 Å². The summed E-state index contributed by atoms with van der Waals surface area (Å²) in [5.74, 6) is 0.